The zero-order valence-electron chi connectivity index (χ0n) is 14.7. The van der Waals surface area contributed by atoms with E-state index >= 15 is 0 Å². The van der Waals surface area contributed by atoms with Crippen molar-refractivity contribution in [3.05, 3.63) is 76.8 Å². The Kier molecular flexibility index (Phi) is 5.28. The molecule has 27 heavy (non-hydrogen) atoms. The van der Waals surface area contributed by atoms with E-state index in [2.05, 4.69) is 0 Å². The van der Waals surface area contributed by atoms with Gasteiger partial charge in [-0.1, -0.05) is 41.9 Å². The highest BCUT2D eigenvalue weighted by Gasteiger charge is 2.40. The van der Waals surface area contributed by atoms with Gasteiger partial charge < -0.3 is 9.47 Å². The first-order chi connectivity index (χ1) is 13.1. The fourth-order valence-corrected chi connectivity index (χ4v) is 4.02. The Labute approximate surface area is 162 Å². The first kappa shape index (κ1) is 18.2. The lowest BCUT2D eigenvalue weighted by molar-refractivity contribution is -0.128. The number of allylic oxidation sites excluding steroid dienone is 1. The summed E-state index contributed by atoms with van der Waals surface area (Å²) >= 11 is 6.24. The summed E-state index contributed by atoms with van der Waals surface area (Å²) in [6, 6.07) is 13.6. The van der Waals surface area contributed by atoms with Gasteiger partial charge in [-0.2, -0.15) is 0 Å². The molecule has 0 spiro atoms. The van der Waals surface area contributed by atoms with E-state index < -0.39 is 0 Å². The fraction of sp³-hybridized carbons (Fsp3) is 0.318. The Morgan fingerprint density at radius 3 is 2.67 bits per heavy atom. The molecule has 2 aliphatic rings. The van der Waals surface area contributed by atoms with Crippen LogP contribution in [0.4, 0.5) is 4.39 Å². The predicted octanol–water partition coefficient (Wildman–Crippen LogP) is 5.17. The lowest BCUT2D eigenvalue weighted by Crippen LogP contribution is -2.41. The average Bonchev–Trinajstić information content (AvgIpc) is 2.69. The van der Waals surface area contributed by atoms with Crippen molar-refractivity contribution < 1.29 is 18.7 Å². The maximum atomic E-state index is 13.0. The number of benzene rings is 2. The van der Waals surface area contributed by atoms with Crippen LogP contribution < -0.4 is 0 Å². The third-order valence-corrected chi connectivity index (χ3v) is 5.60. The summed E-state index contributed by atoms with van der Waals surface area (Å²) in [7, 11) is 0. The SMILES string of the molecule is O=C1C(c2ccccc2Cl)=COC2CC(OCc3ccc(F)cc3)CCC12. The molecule has 0 aromatic heterocycles. The summed E-state index contributed by atoms with van der Waals surface area (Å²) in [6.07, 6.45) is 3.60. The molecule has 140 valence electrons. The molecule has 1 saturated carbocycles. The molecule has 3 atom stereocenters. The minimum Gasteiger partial charge on any atom is -0.496 e. The molecule has 1 heterocycles. The van der Waals surface area contributed by atoms with E-state index in [9.17, 15) is 9.18 Å². The van der Waals surface area contributed by atoms with Crippen LogP contribution in [-0.2, 0) is 20.9 Å². The van der Waals surface area contributed by atoms with Crippen LogP contribution >= 0.6 is 11.6 Å². The molecule has 2 aromatic carbocycles. The Balaban J connectivity index is 1.40. The van der Waals surface area contributed by atoms with Crippen molar-refractivity contribution in [2.75, 3.05) is 0 Å². The van der Waals surface area contributed by atoms with Gasteiger partial charge in [0, 0.05) is 17.0 Å². The standard InChI is InChI=1S/C22H20ClFO3/c23-20-4-2-1-3-17(20)19-13-27-21-11-16(9-10-18(21)22(19)25)26-12-14-5-7-15(24)8-6-14/h1-8,13,16,18,21H,9-12H2. The highest BCUT2D eigenvalue weighted by atomic mass is 35.5. The Bertz CT molecular complexity index is 862. The van der Waals surface area contributed by atoms with Gasteiger partial charge in [-0.05, 0) is 36.6 Å². The monoisotopic (exact) mass is 386 g/mol. The molecule has 0 bridgehead atoms. The molecular weight excluding hydrogens is 367 g/mol. The van der Waals surface area contributed by atoms with Gasteiger partial charge in [0.2, 0.25) is 0 Å². The van der Waals surface area contributed by atoms with Gasteiger partial charge in [0.25, 0.3) is 0 Å². The predicted molar refractivity (Wildman–Crippen MR) is 102 cm³/mol. The lowest BCUT2D eigenvalue weighted by atomic mass is 9.78. The molecule has 2 aromatic rings. The van der Waals surface area contributed by atoms with E-state index in [-0.39, 0.29) is 29.7 Å². The van der Waals surface area contributed by atoms with E-state index in [4.69, 9.17) is 21.1 Å². The number of ether oxygens (including phenoxy) is 2. The smallest absolute Gasteiger partial charge is 0.173 e. The van der Waals surface area contributed by atoms with Crippen molar-refractivity contribution in [3.8, 4) is 0 Å². The van der Waals surface area contributed by atoms with Crippen molar-refractivity contribution in [2.24, 2.45) is 5.92 Å². The summed E-state index contributed by atoms with van der Waals surface area (Å²) in [5.41, 5.74) is 2.20. The van der Waals surface area contributed by atoms with E-state index in [0.717, 1.165) is 24.0 Å². The second-order valence-electron chi connectivity index (χ2n) is 7.03. The van der Waals surface area contributed by atoms with Crippen LogP contribution in [0.1, 0.15) is 30.4 Å². The molecule has 1 aliphatic carbocycles. The Morgan fingerprint density at radius 1 is 1.11 bits per heavy atom. The van der Waals surface area contributed by atoms with Crippen LogP contribution in [0, 0.1) is 11.7 Å². The minimum atomic E-state index is -0.255. The zero-order valence-corrected chi connectivity index (χ0v) is 15.5. The molecule has 1 fully saturated rings. The summed E-state index contributed by atoms with van der Waals surface area (Å²) < 4.78 is 24.8. The summed E-state index contributed by atoms with van der Waals surface area (Å²) in [5.74, 6) is -0.322. The number of carbonyl (C=O) groups is 1. The number of hydrogen-bond acceptors (Lipinski definition) is 3. The third-order valence-electron chi connectivity index (χ3n) is 5.27. The molecule has 1 aliphatic heterocycles. The number of Topliss-reactive ketones (excluding diaryl/α,β-unsaturated/α-hetero) is 1. The Hall–Kier alpha value is -2.17. The molecule has 0 N–H and O–H groups in total. The van der Waals surface area contributed by atoms with Crippen LogP contribution in [0.15, 0.2) is 54.8 Å². The largest absolute Gasteiger partial charge is 0.496 e. The van der Waals surface area contributed by atoms with Gasteiger partial charge in [-0.25, -0.2) is 4.39 Å². The molecule has 4 rings (SSSR count). The van der Waals surface area contributed by atoms with Crippen molar-refractivity contribution in [2.45, 2.75) is 38.1 Å². The molecule has 3 nitrogen and oxygen atoms in total. The summed E-state index contributed by atoms with van der Waals surface area (Å²) in [5, 5.41) is 0.551. The Morgan fingerprint density at radius 2 is 1.89 bits per heavy atom. The molecule has 3 unspecified atom stereocenters. The summed E-state index contributed by atoms with van der Waals surface area (Å²) in [4.78, 5) is 12.9. The maximum Gasteiger partial charge on any atom is 0.173 e. The highest BCUT2D eigenvalue weighted by molar-refractivity contribution is 6.35. The zero-order chi connectivity index (χ0) is 18.8. The second kappa shape index (κ2) is 7.83. The van der Waals surface area contributed by atoms with Crippen LogP contribution in [0.3, 0.4) is 0 Å². The van der Waals surface area contributed by atoms with Crippen molar-refractivity contribution in [3.63, 3.8) is 0 Å². The summed E-state index contributed by atoms with van der Waals surface area (Å²) in [6.45, 7) is 0.428. The van der Waals surface area contributed by atoms with Gasteiger partial charge in [0.05, 0.1) is 30.5 Å². The molecule has 0 saturated heterocycles. The van der Waals surface area contributed by atoms with Gasteiger partial charge in [0.15, 0.2) is 5.78 Å². The quantitative estimate of drug-likeness (QED) is 0.726. The van der Waals surface area contributed by atoms with E-state index in [0.29, 0.717) is 23.6 Å². The molecule has 5 heteroatoms. The number of hydrogen-bond donors (Lipinski definition) is 0. The van der Waals surface area contributed by atoms with E-state index in [1.165, 1.54) is 12.1 Å². The van der Waals surface area contributed by atoms with E-state index in [1.807, 2.05) is 18.2 Å². The van der Waals surface area contributed by atoms with Crippen molar-refractivity contribution >= 4 is 23.0 Å². The van der Waals surface area contributed by atoms with E-state index in [1.54, 1.807) is 24.5 Å². The lowest BCUT2D eigenvalue weighted by Gasteiger charge is -2.37. The highest BCUT2D eigenvalue weighted by Crippen LogP contribution is 2.38. The first-order valence-electron chi connectivity index (χ1n) is 9.12. The van der Waals surface area contributed by atoms with Crippen LogP contribution in [0.2, 0.25) is 5.02 Å². The number of carbonyl (C=O) groups excluding carboxylic acids is 1. The van der Waals surface area contributed by atoms with Gasteiger partial charge >= 0.3 is 0 Å². The van der Waals surface area contributed by atoms with Crippen LogP contribution in [0.5, 0.6) is 0 Å². The maximum absolute atomic E-state index is 13.0. The molecular formula is C22H20ClFO3. The fourth-order valence-electron chi connectivity index (χ4n) is 3.78. The van der Waals surface area contributed by atoms with Crippen LogP contribution in [0.25, 0.3) is 5.57 Å². The van der Waals surface area contributed by atoms with Crippen molar-refractivity contribution in [1.29, 1.82) is 0 Å². The minimum absolute atomic E-state index is 0.0272. The van der Waals surface area contributed by atoms with Crippen LogP contribution in [-0.4, -0.2) is 18.0 Å². The van der Waals surface area contributed by atoms with Gasteiger partial charge in [-0.15, -0.1) is 0 Å². The number of rotatable bonds is 4. The number of ketones is 1. The van der Waals surface area contributed by atoms with Gasteiger partial charge in [0.1, 0.15) is 11.9 Å². The normalized spacial score (nSPS) is 24.7. The second-order valence-corrected chi connectivity index (χ2v) is 7.44. The van der Waals surface area contributed by atoms with Crippen molar-refractivity contribution in [1.82, 2.24) is 0 Å². The third kappa shape index (κ3) is 3.92. The number of halogens is 2. The average molecular weight is 387 g/mol. The topological polar surface area (TPSA) is 35.5 Å². The molecule has 0 radical (unpaired) electrons. The first-order valence-corrected chi connectivity index (χ1v) is 9.50. The number of fused-ring (bicyclic) bond motifs is 1. The molecule has 0 amide bonds. The van der Waals surface area contributed by atoms with Gasteiger partial charge in [-0.3, -0.25) is 4.79 Å².